The van der Waals surface area contributed by atoms with Crippen molar-refractivity contribution in [3.63, 3.8) is 0 Å². The van der Waals surface area contributed by atoms with Crippen molar-refractivity contribution < 1.29 is 18.8 Å². The van der Waals surface area contributed by atoms with Gasteiger partial charge in [-0.15, -0.1) is 0 Å². The predicted molar refractivity (Wildman–Crippen MR) is 73.7 cm³/mol. The van der Waals surface area contributed by atoms with Gasteiger partial charge in [0.05, 0.1) is 11.9 Å². The van der Waals surface area contributed by atoms with E-state index in [0.717, 1.165) is 4.47 Å². The van der Waals surface area contributed by atoms with Crippen molar-refractivity contribution in [2.24, 2.45) is 0 Å². The summed E-state index contributed by atoms with van der Waals surface area (Å²) in [6.45, 7) is 3.74. The van der Waals surface area contributed by atoms with Crippen LogP contribution in [0.2, 0.25) is 0 Å². The van der Waals surface area contributed by atoms with Gasteiger partial charge < -0.3 is 14.0 Å². The van der Waals surface area contributed by atoms with Crippen molar-refractivity contribution in [1.29, 1.82) is 0 Å². The smallest absolute Gasteiger partial charge is 0.343 e. The van der Waals surface area contributed by atoms with E-state index in [0.29, 0.717) is 22.8 Å². The molecule has 0 atom stereocenters. The number of carbonyl (C=O) groups excluding carboxylic acids is 1. The Kier molecular flexibility index (Phi) is 4.73. The van der Waals surface area contributed by atoms with Crippen LogP contribution in [-0.2, 0) is 4.74 Å². The summed E-state index contributed by atoms with van der Waals surface area (Å²) >= 11 is 3.29. The number of esters is 1. The lowest BCUT2D eigenvalue weighted by Crippen LogP contribution is -2.13. The summed E-state index contributed by atoms with van der Waals surface area (Å²) in [4.78, 5) is 15.8. The van der Waals surface area contributed by atoms with Gasteiger partial charge in [0.15, 0.2) is 0 Å². The van der Waals surface area contributed by atoms with Gasteiger partial charge in [0.2, 0.25) is 0 Å². The zero-order chi connectivity index (χ0) is 14.5. The van der Waals surface area contributed by atoms with Gasteiger partial charge in [-0.1, -0.05) is 5.16 Å². The van der Waals surface area contributed by atoms with Gasteiger partial charge in [-0.2, -0.15) is 0 Å². The van der Waals surface area contributed by atoms with Crippen LogP contribution in [0.25, 0.3) is 0 Å². The number of carbonyl (C=O) groups is 1. The molecule has 20 heavy (non-hydrogen) atoms. The first-order valence-electron chi connectivity index (χ1n) is 5.91. The number of rotatable bonds is 5. The highest BCUT2D eigenvalue weighted by Crippen LogP contribution is 2.16. The molecular formula is C13H13BrN2O4. The second kappa shape index (κ2) is 6.51. The van der Waals surface area contributed by atoms with E-state index < -0.39 is 5.97 Å². The average molecular weight is 341 g/mol. The molecule has 0 unspecified atom stereocenters. The first-order valence-corrected chi connectivity index (χ1v) is 6.70. The lowest BCUT2D eigenvalue weighted by molar-refractivity contribution is 0.0447. The van der Waals surface area contributed by atoms with Crippen LogP contribution in [0.15, 0.2) is 27.5 Å². The molecule has 0 amide bonds. The van der Waals surface area contributed by atoms with Crippen LogP contribution in [0, 0.1) is 13.8 Å². The maximum absolute atomic E-state index is 11.8. The molecule has 2 aromatic heterocycles. The topological polar surface area (TPSA) is 74.5 Å². The van der Waals surface area contributed by atoms with E-state index in [1.54, 1.807) is 32.3 Å². The molecule has 2 heterocycles. The normalized spacial score (nSPS) is 10.3. The second-order valence-corrected chi connectivity index (χ2v) is 4.94. The highest BCUT2D eigenvalue weighted by Gasteiger charge is 2.18. The zero-order valence-electron chi connectivity index (χ0n) is 11.1. The third kappa shape index (κ3) is 3.57. The molecular weight excluding hydrogens is 328 g/mol. The molecule has 106 valence electrons. The van der Waals surface area contributed by atoms with Crippen LogP contribution in [0.4, 0.5) is 0 Å². The second-order valence-electron chi connectivity index (χ2n) is 4.02. The lowest BCUT2D eigenvalue weighted by atomic mass is 10.2. The van der Waals surface area contributed by atoms with Crippen LogP contribution < -0.4 is 4.74 Å². The number of aromatic nitrogens is 2. The fourth-order valence-electron chi connectivity index (χ4n) is 1.61. The molecule has 0 saturated carbocycles. The van der Waals surface area contributed by atoms with Crippen LogP contribution in [0.3, 0.4) is 0 Å². The molecule has 7 heteroatoms. The molecule has 6 nitrogen and oxygen atoms in total. The average Bonchev–Trinajstić information content (AvgIpc) is 2.74. The van der Waals surface area contributed by atoms with Gasteiger partial charge in [0.1, 0.15) is 30.3 Å². The van der Waals surface area contributed by atoms with Gasteiger partial charge in [-0.25, -0.2) is 4.79 Å². The summed E-state index contributed by atoms with van der Waals surface area (Å²) in [5.41, 5.74) is 0.888. The largest absolute Gasteiger partial charge is 0.488 e. The summed E-state index contributed by atoms with van der Waals surface area (Å²) in [7, 11) is 0. The van der Waals surface area contributed by atoms with Gasteiger partial charge >= 0.3 is 5.97 Å². The Bertz CT molecular complexity index is 593. The number of hydrogen-bond donors (Lipinski definition) is 0. The Labute approximate surface area is 124 Å². The number of nitrogens with zero attached hydrogens (tertiary/aromatic N) is 2. The maximum Gasteiger partial charge on any atom is 0.343 e. The predicted octanol–water partition coefficient (Wildman–Crippen LogP) is 2.68. The maximum atomic E-state index is 11.8. The molecule has 0 aliphatic carbocycles. The lowest BCUT2D eigenvalue weighted by Gasteiger charge is -2.07. The van der Waals surface area contributed by atoms with Crippen LogP contribution in [0.5, 0.6) is 5.75 Å². The Hall–Kier alpha value is -1.89. The Balaban J connectivity index is 1.80. The molecule has 2 rings (SSSR count). The van der Waals surface area contributed by atoms with Crippen molar-refractivity contribution in [3.05, 3.63) is 40.0 Å². The van der Waals surface area contributed by atoms with Crippen molar-refractivity contribution in [2.75, 3.05) is 13.2 Å². The molecule has 0 spiro atoms. The Morgan fingerprint density at radius 1 is 1.35 bits per heavy atom. The summed E-state index contributed by atoms with van der Waals surface area (Å²) in [6, 6.07) is 1.78. The quantitative estimate of drug-likeness (QED) is 0.615. The number of halogens is 1. The monoisotopic (exact) mass is 340 g/mol. The molecule has 0 aromatic carbocycles. The molecule has 0 bridgehead atoms. The van der Waals surface area contributed by atoms with E-state index >= 15 is 0 Å². The van der Waals surface area contributed by atoms with Gasteiger partial charge in [-0.3, -0.25) is 4.98 Å². The van der Waals surface area contributed by atoms with Gasteiger partial charge in [0.25, 0.3) is 0 Å². The van der Waals surface area contributed by atoms with Gasteiger partial charge in [-0.05, 0) is 35.8 Å². The third-order valence-corrected chi connectivity index (χ3v) is 2.94. The molecule has 0 aliphatic rings. The minimum atomic E-state index is -0.461. The van der Waals surface area contributed by atoms with Crippen molar-refractivity contribution in [2.45, 2.75) is 13.8 Å². The summed E-state index contributed by atoms with van der Waals surface area (Å²) in [6.07, 6.45) is 3.24. The van der Waals surface area contributed by atoms with E-state index in [9.17, 15) is 4.79 Å². The molecule has 0 saturated heterocycles. The first-order chi connectivity index (χ1) is 9.58. The highest BCUT2D eigenvalue weighted by atomic mass is 79.9. The molecule has 2 aromatic rings. The molecule has 0 radical (unpaired) electrons. The number of aryl methyl sites for hydroxylation is 2. The minimum absolute atomic E-state index is 0.134. The third-order valence-electron chi connectivity index (χ3n) is 2.50. The van der Waals surface area contributed by atoms with Crippen molar-refractivity contribution in [1.82, 2.24) is 10.1 Å². The fraction of sp³-hybridized carbons (Fsp3) is 0.308. The standard InChI is InChI=1S/C13H13BrN2O4/c1-8-12(9(2)20-16-8)13(17)19-4-3-18-11-5-10(14)6-15-7-11/h5-7H,3-4H2,1-2H3. The summed E-state index contributed by atoms with van der Waals surface area (Å²) in [5, 5.41) is 3.70. The Morgan fingerprint density at radius 2 is 2.15 bits per heavy atom. The fourth-order valence-corrected chi connectivity index (χ4v) is 1.96. The number of ether oxygens (including phenoxy) is 2. The Morgan fingerprint density at radius 3 is 2.80 bits per heavy atom. The van der Waals surface area contributed by atoms with Crippen LogP contribution >= 0.6 is 15.9 Å². The molecule has 0 N–H and O–H groups in total. The molecule has 0 aliphatic heterocycles. The number of pyridine rings is 1. The molecule has 0 fully saturated rings. The van der Waals surface area contributed by atoms with E-state index in [2.05, 4.69) is 26.1 Å². The van der Waals surface area contributed by atoms with Crippen molar-refractivity contribution in [3.8, 4) is 5.75 Å². The SMILES string of the molecule is Cc1noc(C)c1C(=O)OCCOc1cncc(Br)c1. The van der Waals surface area contributed by atoms with Crippen molar-refractivity contribution >= 4 is 21.9 Å². The zero-order valence-corrected chi connectivity index (χ0v) is 12.6. The van der Waals surface area contributed by atoms with E-state index in [1.807, 2.05) is 0 Å². The number of hydrogen-bond acceptors (Lipinski definition) is 6. The summed E-state index contributed by atoms with van der Waals surface area (Å²) in [5.74, 6) is 0.592. The first kappa shape index (κ1) is 14.5. The highest BCUT2D eigenvalue weighted by molar-refractivity contribution is 9.10. The minimum Gasteiger partial charge on any atom is -0.488 e. The summed E-state index contributed by atoms with van der Waals surface area (Å²) < 4.78 is 16.2. The van der Waals surface area contributed by atoms with E-state index in [1.165, 1.54) is 0 Å². The van der Waals surface area contributed by atoms with E-state index in [4.69, 9.17) is 14.0 Å². The van der Waals surface area contributed by atoms with E-state index in [-0.39, 0.29) is 13.2 Å². The van der Waals surface area contributed by atoms with Crippen LogP contribution in [-0.4, -0.2) is 29.3 Å². The van der Waals surface area contributed by atoms with Gasteiger partial charge in [0, 0.05) is 10.7 Å². The van der Waals surface area contributed by atoms with Crippen LogP contribution in [0.1, 0.15) is 21.8 Å².